The van der Waals surface area contributed by atoms with Crippen molar-refractivity contribution in [3.05, 3.63) is 63.2 Å². The molecule has 0 aromatic heterocycles. The van der Waals surface area contributed by atoms with Crippen molar-refractivity contribution < 1.29 is 19.2 Å². The van der Waals surface area contributed by atoms with Crippen molar-refractivity contribution >= 4 is 23.2 Å². The molecule has 2 N–H and O–H groups in total. The first-order valence-electron chi connectivity index (χ1n) is 8.28. The van der Waals surface area contributed by atoms with Gasteiger partial charge < -0.3 is 15.4 Å². The number of nitrogens with one attached hydrogen (secondary N) is 2. The highest BCUT2D eigenvalue weighted by atomic mass is 16.6. The molecule has 0 unspecified atom stereocenters. The average Bonchev–Trinajstić information content (AvgIpc) is 2.61. The molecule has 0 spiro atoms. The van der Waals surface area contributed by atoms with E-state index in [-0.39, 0.29) is 24.7 Å². The van der Waals surface area contributed by atoms with Gasteiger partial charge in [0, 0.05) is 17.8 Å². The fourth-order valence-electron chi connectivity index (χ4n) is 2.60. The fraction of sp³-hybridized carbons (Fsp3) is 0.263. The topological polar surface area (TPSA) is 111 Å². The minimum absolute atomic E-state index is 0.0647. The van der Waals surface area contributed by atoms with E-state index in [4.69, 9.17) is 4.74 Å². The predicted octanol–water partition coefficient (Wildman–Crippen LogP) is 2.65. The highest BCUT2D eigenvalue weighted by Gasteiger charge is 2.11. The lowest BCUT2D eigenvalue weighted by Crippen LogP contribution is -2.36. The van der Waals surface area contributed by atoms with Gasteiger partial charge in [0.1, 0.15) is 5.75 Å². The Hall–Kier alpha value is -3.42. The lowest BCUT2D eigenvalue weighted by Gasteiger charge is -2.13. The van der Waals surface area contributed by atoms with E-state index in [1.807, 2.05) is 32.9 Å². The molecule has 0 fully saturated rings. The normalized spacial score (nSPS) is 10.2. The lowest BCUT2D eigenvalue weighted by molar-refractivity contribution is -0.384. The van der Waals surface area contributed by atoms with E-state index in [1.165, 1.54) is 24.3 Å². The molecule has 0 atom stereocenters. The zero-order chi connectivity index (χ0) is 20.0. The second-order valence-corrected chi connectivity index (χ2v) is 6.14. The van der Waals surface area contributed by atoms with E-state index < -0.39 is 10.8 Å². The Morgan fingerprint density at radius 3 is 2.19 bits per heavy atom. The molecule has 0 aliphatic carbocycles. The number of aryl methyl sites for hydroxylation is 3. The number of hydrogen-bond donors (Lipinski definition) is 2. The molecule has 2 rings (SSSR count). The van der Waals surface area contributed by atoms with E-state index in [1.54, 1.807) is 0 Å². The third-order valence-corrected chi connectivity index (χ3v) is 3.81. The molecule has 0 radical (unpaired) electrons. The molecule has 0 aliphatic rings. The summed E-state index contributed by atoms with van der Waals surface area (Å²) in [5, 5.41) is 15.8. The fourth-order valence-corrected chi connectivity index (χ4v) is 2.60. The van der Waals surface area contributed by atoms with Crippen LogP contribution in [0.25, 0.3) is 0 Å². The Morgan fingerprint density at radius 1 is 1.04 bits per heavy atom. The highest BCUT2D eigenvalue weighted by molar-refractivity contribution is 5.95. The van der Waals surface area contributed by atoms with Crippen LogP contribution in [0.15, 0.2) is 36.4 Å². The van der Waals surface area contributed by atoms with E-state index in [0.29, 0.717) is 5.75 Å². The van der Waals surface area contributed by atoms with E-state index in [0.717, 1.165) is 22.4 Å². The van der Waals surface area contributed by atoms with Gasteiger partial charge in [-0.25, -0.2) is 0 Å². The van der Waals surface area contributed by atoms with Crippen LogP contribution in [-0.2, 0) is 9.59 Å². The smallest absolute Gasteiger partial charge is 0.269 e. The van der Waals surface area contributed by atoms with Crippen LogP contribution in [0.2, 0.25) is 0 Å². The van der Waals surface area contributed by atoms with Gasteiger partial charge in [-0.3, -0.25) is 19.7 Å². The molecular weight excluding hydrogens is 350 g/mol. The number of hydrogen-bond acceptors (Lipinski definition) is 5. The van der Waals surface area contributed by atoms with Crippen molar-refractivity contribution in [3.8, 4) is 5.75 Å². The quantitative estimate of drug-likeness (QED) is 0.574. The Labute approximate surface area is 156 Å². The molecule has 0 heterocycles. The highest BCUT2D eigenvalue weighted by Crippen LogP contribution is 2.21. The number of anilines is 1. The van der Waals surface area contributed by atoms with Gasteiger partial charge in [0.15, 0.2) is 6.61 Å². The van der Waals surface area contributed by atoms with Crippen LogP contribution in [0.1, 0.15) is 16.7 Å². The number of nitrogens with zero attached hydrogens (tertiary/aromatic N) is 1. The van der Waals surface area contributed by atoms with Crippen LogP contribution in [0, 0.1) is 30.9 Å². The van der Waals surface area contributed by atoms with Crippen LogP contribution < -0.4 is 15.4 Å². The molecule has 142 valence electrons. The largest absolute Gasteiger partial charge is 0.484 e. The summed E-state index contributed by atoms with van der Waals surface area (Å²) in [4.78, 5) is 33.9. The molecule has 2 aromatic carbocycles. The van der Waals surface area contributed by atoms with Crippen molar-refractivity contribution in [2.24, 2.45) is 0 Å². The number of non-ortho nitro benzene ring substituents is 1. The van der Waals surface area contributed by atoms with Crippen LogP contribution in [0.5, 0.6) is 5.75 Å². The zero-order valence-electron chi connectivity index (χ0n) is 15.4. The number of amides is 2. The minimum Gasteiger partial charge on any atom is -0.484 e. The van der Waals surface area contributed by atoms with Crippen molar-refractivity contribution in [2.45, 2.75) is 20.8 Å². The summed E-state index contributed by atoms with van der Waals surface area (Å²) >= 11 is 0. The van der Waals surface area contributed by atoms with Crippen molar-refractivity contribution in [3.63, 3.8) is 0 Å². The molecule has 8 heteroatoms. The van der Waals surface area contributed by atoms with E-state index in [2.05, 4.69) is 10.6 Å². The maximum atomic E-state index is 12.1. The molecule has 0 saturated heterocycles. The number of nitro groups is 1. The average molecular weight is 371 g/mol. The number of nitro benzene ring substituents is 1. The molecule has 27 heavy (non-hydrogen) atoms. The summed E-state index contributed by atoms with van der Waals surface area (Å²) in [5.41, 5.74) is 3.69. The Balaban J connectivity index is 1.80. The number of ether oxygens (including phenoxy) is 1. The van der Waals surface area contributed by atoms with Gasteiger partial charge in [0.2, 0.25) is 5.91 Å². The standard InChI is InChI=1S/C19H21N3O5/c1-12-8-13(2)19(14(3)9-12)21-17(23)10-20-18(24)11-27-16-6-4-15(5-7-16)22(25)26/h4-9H,10-11H2,1-3H3,(H,20,24)(H,21,23). The Kier molecular flexibility index (Phi) is 6.48. The third kappa shape index (κ3) is 5.81. The molecule has 8 nitrogen and oxygen atoms in total. The summed E-state index contributed by atoms with van der Waals surface area (Å²) < 4.78 is 5.24. The SMILES string of the molecule is Cc1cc(C)c(NC(=O)CNC(=O)COc2ccc([N+](=O)[O-])cc2)c(C)c1. The summed E-state index contributed by atoms with van der Waals surface area (Å²) in [6.07, 6.45) is 0. The zero-order valence-corrected chi connectivity index (χ0v) is 15.4. The maximum Gasteiger partial charge on any atom is 0.269 e. The summed E-state index contributed by atoms with van der Waals surface area (Å²) in [7, 11) is 0. The monoisotopic (exact) mass is 371 g/mol. The molecule has 0 aliphatic heterocycles. The molecular formula is C19H21N3O5. The van der Waals surface area contributed by atoms with Gasteiger partial charge in [-0.2, -0.15) is 0 Å². The number of carbonyl (C=O) groups excluding carboxylic acids is 2. The van der Waals surface area contributed by atoms with Crippen molar-refractivity contribution in [2.75, 3.05) is 18.5 Å². The first-order chi connectivity index (χ1) is 12.8. The van der Waals surface area contributed by atoms with Gasteiger partial charge in [0.05, 0.1) is 11.5 Å². The Morgan fingerprint density at radius 2 is 1.63 bits per heavy atom. The summed E-state index contributed by atoms with van der Waals surface area (Å²) in [5.74, 6) is -0.485. The first kappa shape index (κ1) is 19.9. The number of benzene rings is 2. The molecule has 0 saturated carbocycles. The first-order valence-corrected chi connectivity index (χ1v) is 8.28. The minimum atomic E-state index is -0.521. The van der Waals surface area contributed by atoms with Crippen LogP contribution in [0.3, 0.4) is 0 Å². The van der Waals surface area contributed by atoms with Gasteiger partial charge in [-0.15, -0.1) is 0 Å². The number of rotatable bonds is 7. The Bertz CT molecular complexity index is 839. The van der Waals surface area contributed by atoms with E-state index in [9.17, 15) is 19.7 Å². The van der Waals surface area contributed by atoms with Crippen molar-refractivity contribution in [1.29, 1.82) is 0 Å². The molecule has 0 bridgehead atoms. The molecule has 2 aromatic rings. The maximum absolute atomic E-state index is 12.1. The molecule has 2 amide bonds. The van der Waals surface area contributed by atoms with Gasteiger partial charge >= 0.3 is 0 Å². The second-order valence-electron chi connectivity index (χ2n) is 6.14. The van der Waals surface area contributed by atoms with Gasteiger partial charge in [0.25, 0.3) is 11.6 Å². The lowest BCUT2D eigenvalue weighted by atomic mass is 10.1. The van der Waals surface area contributed by atoms with Crippen LogP contribution in [0.4, 0.5) is 11.4 Å². The van der Waals surface area contributed by atoms with Crippen LogP contribution >= 0.6 is 0 Å². The second kappa shape index (κ2) is 8.79. The number of carbonyl (C=O) groups is 2. The van der Waals surface area contributed by atoms with E-state index >= 15 is 0 Å². The summed E-state index contributed by atoms with van der Waals surface area (Å²) in [6.45, 7) is 5.32. The van der Waals surface area contributed by atoms with Crippen molar-refractivity contribution in [1.82, 2.24) is 5.32 Å². The predicted molar refractivity (Wildman–Crippen MR) is 101 cm³/mol. The third-order valence-electron chi connectivity index (χ3n) is 3.81. The van der Waals surface area contributed by atoms with Gasteiger partial charge in [-0.1, -0.05) is 17.7 Å². The van der Waals surface area contributed by atoms with Crippen LogP contribution in [-0.4, -0.2) is 29.9 Å². The summed E-state index contributed by atoms with van der Waals surface area (Å²) in [6, 6.07) is 9.32. The van der Waals surface area contributed by atoms with Gasteiger partial charge in [-0.05, 0) is 44.0 Å².